The maximum Gasteiger partial charge on any atom is 0.124 e. The van der Waals surface area contributed by atoms with Crippen molar-refractivity contribution in [2.75, 3.05) is 6.54 Å². The Morgan fingerprint density at radius 3 is 2.47 bits per heavy atom. The van der Waals surface area contributed by atoms with Crippen LogP contribution in [-0.4, -0.2) is 11.5 Å². The van der Waals surface area contributed by atoms with Crippen molar-refractivity contribution in [1.29, 1.82) is 0 Å². The molecule has 0 spiro atoms. The van der Waals surface area contributed by atoms with E-state index >= 15 is 0 Å². The normalized spacial score (nSPS) is 11.0. The number of benzene rings is 4. The third-order valence-corrected chi connectivity index (χ3v) is 6.53. The number of fused-ring (bicyclic) bond motifs is 2. The zero-order chi connectivity index (χ0) is 22.6. The Kier molecular flexibility index (Phi) is 8.02. The van der Waals surface area contributed by atoms with Crippen LogP contribution in [0.15, 0.2) is 85.1 Å². The number of halogens is 3. The number of para-hydroxylation sites is 1. The van der Waals surface area contributed by atoms with Gasteiger partial charge in [-0.2, -0.15) is 0 Å². The molecule has 2 N–H and O–H groups in total. The number of ether oxygens (including phenoxy) is 1. The topological polar surface area (TPSA) is 37.0 Å². The minimum atomic E-state index is 0. The Bertz CT molecular complexity index is 1410. The lowest BCUT2D eigenvalue weighted by atomic mass is 10.0. The van der Waals surface area contributed by atoms with Crippen molar-refractivity contribution in [3.05, 3.63) is 112 Å². The molecular formula is C28H25Cl3N2O. The van der Waals surface area contributed by atoms with Crippen LogP contribution in [0.3, 0.4) is 0 Å². The van der Waals surface area contributed by atoms with Gasteiger partial charge in [0.05, 0.1) is 0 Å². The fourth-order valence-corrected chi connectivity index (χ4v) is 4.67. The predicted octanol–water partition coefficient (Wildman–Crippen LogP) is 7.96. The second-order valence-electron chi connectivity index (χ2n) is 8.07. The smallest absolute Gasteiger partial charge is 0.124 e. The predicted molar refractivity (Wildman–Crippen MR) is 146 cm³/mol. The molecule has 0 fully saturated rings. The third kappa shape index (κ3) is 5.34. The first-order valence-corrected chi connectivity index (χ1v) is 11.8. The van der Waals surface area contributed by atoms with Crippen LogP contribution in [0.2, 0.25) is 10.0 Å². The van der Waals surface area contributed by atoms with Crippen molar-refractivity contribution in [2.24, 2.45) is 0 Å². The van der Waals surface area contributed by atoms with E-state index in [9.17, 15) is 0 Å². The molecule has 5 aromatic rings. The fourth-order valence-electron chi connectivity index (χ4n) is 4.20. The number of hydrogen-bond acceptors (Lipinski definition) is 2. The number of H-pyrrole nitrogens is 1. The second kappa shape index (κ2) is 11.2. The average Bonchev–Trinajstić information content (AvgIpc) is 3.25. The maximum atomic E-state index is 6.34. The summed E-state index contributed by atoms with van der Waals surface area (Å²) >= 11 is 12.4. The molecule has 34 heavy (non-hydrogen) atoms. The molecule has 3 nitrogen and oxygen atoms in total. The van der Waals surface area contributed by atoms with Crippen LogP contribution in [0.1, 0.15) is 16.7 Å². The van der Waals surface area contributed by atoms with Gasteiger partial charge in [-0.1, -0.05) is 77.8 Å². The molecule has 6 heteroatoms. The molecular weight excluding hydrogens is 487 g/mol. The van der Waals surface area contributed by atoms with Gasteiger partial charge in [0.15, 0.2) is 0 Å². The first-order chi connectivity index (χ1) is 16.2. The Morgan fingerprint density at radius 1 is 0.824 bits per heavy atom. The Hall–Kier alpha value is -2.69. The molecule has 5 rings (SSSR count). The molecule has 0 saturated heterocycles. The van der Waals surface area contributed by atoms with E-state index in [0.717, 1.165) is 29.8 Å². The van der Waals surface area contributed by atoms with Gasteiger partial charge in [-0.15, -0.1) is 12.4 Å². The van der Waals surface area contributed by atoms with Gasteiger partial charge >= 0.3 is 0 Å². The number of aromatic amines is 1. The Morgan fingerprint density at radius 2 is 1.62 bits per heavy atom. The highest BCUT2D eigenvalue weighted by Crippen LogP contribution is 2.30. The summed E-state index contributed by atoms with van der Waals surface area (Å²) in [5.74, 6) is 0.860. The van der Waals surface area contributed by atoms with Crippen LogP contribution in [-0.2, 0) is 19.6 Å². The highest BCUT2D eigenvalue weighted by atomic mass is 35.5. The van der Waals surface area contributed by atoms with Gasteiger partial charge < -0.3 is 15.0 Å². The molecule has 0 bridgehead atoms. The van der Waals surface area contributed by atoms with Gasteiger partial charge in [0.2, 0.25) is 0 Å². The van der Waals surface area contributed by atoms with Gasteiger partial charge in [0.1, 0.15) is 12.4 Å². The second-order valence-corrected chi connectivity index (χ2v) is 8.92. The van der Waals surface area contributed by atoms with E-state index in [4.69, 9.17) is 27.9 Å². The highest BCUT2D eigenvalue weighted by molar-refractivity contribution is 6.35. The summed E-state index contributed by atoms with van der Waals surface area (Å²) in [7, 11) is 0. The summed E-state index contributed by atoms with van der Waals surface area (Å²) in [6.07, 6.45) is 3.06. The first-order valence-electron chi connectivity index (χ1n) is 11.0. The van der Waals surface area contributed by atoms with Crippen molar-refractivity contribution in [2.45, 2.75) is 19.6 Å². The maximum absolute atomic E-state index is 6.34. The van der Waals surface area contributed by atoms with Crippen molar-refractivity contribution in [1.82, 2.24) is 10.3 Å². The van der Waals surface area contributed by atoms with Crippen LogP contribution < -0.4 is 10.1 Å². The molecule has 0 unspecified atom stereocenters. The molecule has 174 valence electrons. The molecule has 0 saturated carbocycles. The Labute approximate surface area is 215 Å². The highest BCUT2D eigenvalue weighted by Gasteiger charge is 2.11. The first kappa shape index (κ1) is 24.4. The van der Waals surface area contributed by atoms with E-state index in [1.54, 1.807) is 6.07 Å². The van der Waals surface area contributed by atoms with E-state index < -0.39 is 0 Å². The van der Waals surface area contributed by atoms with Crippen LogP contribution in [0.25, 0.3) is 21.7 Å². The van der Waals surface area contributed by atoms with E-state index in [2.05, 4.69) is 71.1 Å². The fraction of sp³-hybridized carbons (Fsp3) is 0.143. The zero-order valence-electron chi connectivity index (χ0n) is 18.5. The van der Waals surface area contributed by atoms with Crippen molar-refractivity contribution in [3.8, 4) is 5.75 Å². The van der Waals surface area contributed by atoms with E-state index in [0.29, 0.717) is 23.2 Å². The van der Waals surface area contributed by atoms with Gasteiger partial charge in [0, 0.05) is 44.8 Å². The molecule has 1 aromatic heterocycles. The standard InChI is InChI=1S/C28H24Cl2N2O.ClH/c29-22-11-9-21(26(30)15-22)18-33-28-12-10-19-5-1-2-6-23(19)25(28)17-31-14-13-20-16-32-27-8-4-3-7-24(20)27;/h1-12,15-16,31-32H,13-14,17-18H2;1H. The number of hydrogen-bond donors (Lipinski definition) is 2. The quantitative estimate of drug-likeness (QED) is 0.207. The lowest BCUT2D eigenvalue weighted by Gasteiger charge is -2.16. The molecule has 0 amide bonds. The van der Waals surface area contributed by atoms with Crippen molar-refractivity contribution < 1.29 is 4.74 Å². The lowest BCUT2D eigenvalue weighted by Crippen LogP contribution is -2.17. The Balaban J connectivity index is 0.00000274. The number of nitrogens with one attached hydrogen (secondary N) is 2. The molecule has 0 radical (unpaired) electrons. The van der Waals surface area contributed by atoms with Crippen molar-refractivity contribution >= 4 is 57.3 Å². The summed E-state index contributed by atoms with van der Waals surface area (Å²) in [5, 5.41) is 8.52. The summed E-state index contributed by atoms with van der Waals surface area (Å²) in [5.41, 5.74) is 4.56. The van der Waals surface area contributed by atoms with Crippen LogP contribution in [0, 0.1) is 0 Å². The minimum Gasteiger partial charge on any atom is -0.488 e. The third-order valence-electron chi connectivity index (χ3n) is 5.94. The molecule has 4 aromatic carbocycles. The summed E-state index contributed by atoms with van der Waals surface area (Å²) in [6.45, 7) is 1.97. The molecule has 0 aliphatic rings. The zero-order valence-corrected chi connectivity index (χ0v) is 20.8. The molecule has 0 atom stereocenters. The van der Waals surface area contributed by atoms with E-state index in [-0.39, 0.29) is 12.4 Å². The number of aromatic nitrogens is 1. The number of rotatable bonds is 8. The largest absolute Gasteiger partial charge is 0.488 e. The summed E-state index contributed by atoms with van der Waals surface area (Å²) in [4.78, 5) is 3.35. The van der Waals surface area contributed by atoms with Crippen LogP contribution in [0.5, 0.6) is 5.75 Å². The summed E-state index contributed by atoms with van der Waals surface area (Å²) in [6, 6.07) is 26.5. The molecule has 0 aliphatic heterocycles. The lowest BCUT2D eigenvalue weighted by molar-refractivity contribution is 0.303. The SMILES string of the molecule is Cl.Clc1ccc(COc2ccc3ccccc3c2CNCCc2c[nH]c3ccccc23)c(Cl)c1. The van der Waals surface area contributed by atoms with Gasteiger partial charge in [-0.3, -0.25) is 0 Å². The summed E-state index contributed by atoms with van der Waals surface area (Å²) < 4.78 is 6.24. The molecule has 0 aliphatic carbocycles. The van der Waals surface area contributed by atoms with Crippen LogP contribution in [0.4, 0.5) is 0 Å². The average molecular weight is 512 g/mol. The van der Waals surface area contributed by atoms with Gasteiger partial charge in [-0.25, -0.2) is 0 Å². The van der Waals surface area contributed by atoms with Crippen molar-refractivity contribution in [3.63, 3.8) is 0 Å². The minimum absolute atomic E-state index is 0. The van der Waals surface area contributed by atoms with Gasteiger partial charge in [-0.05, 0) is 53.6 Å². The monoisotopic (exact) mass is 510 g/mol. The van der Waals surface area contributed by atoms with Crippen LogP contribution >= 0.6 is 35.6 Å². The van der Waals surface area contributed by atoms with E-state index in [1.165, 1.54) is 27.2 Å². The molecule has 1 heterocycles. The van der Waals surface area contributed by atoms with Gasteiger partial charge in [0.25, 0.3) is 0 Å². The van der Waals surface area contributed by atoms with E-state index in [1.807, 2.05) is 18.2 Å².